The fourth-order valence-electron chi connectivity index (χ4n) is 4.99. The Morgan fingerprint density at radius 1 is 1.13 bits per heavy atom. The first-order chi connectivity index (χ1) is 18.8. The predicted molar refractivity (Wildman–Crippen MR) is 151 cm³/mol. The van der Waals surface area contributed by atoms with Crippen LogP contribution in [0.4, 0.5) is 4.79 Å². The molecule has 39 heavy (non-hydrogen) atoms. The first-order valence-corrected chi connectivity index (χ1v) is 14.0. The van der Waals surface area contributed by atoms with Crippen LogP contribution >= 0.6 is 11.8 Å². The van der Waals surface area contributed by atoms with Gasteiger partial charge in [-0.2, -0.15) is 0 Å². The maximum Gasteiger partial charge on any atom is 0.293 e. The fourth-order valence-corrected chi connectivity index (χ4v) is 5.82. The number of nitrogens with one attached hydrogen (secondary N) is 1. The predicted octanol–water partition coefficient (Wildman–Crippen LogP) is 4.73. The molecule has 0 radical (unpaired) electrons. The minimum Gasteiger partial charge on any atom is -0.376 e. The van der Waals surface area contributed by atoms with E-state index in [2.05, 4.69) is 12.2 Å². The lowest BCUT2D eigenvalue weighted by atomic mass is 10.1. The number of hydrogen-bond acceptors (Lipinski definition) is 6. The number of fused-ring (bicyclic) bond motifs is 1. The summed E-state index contributed by atoms with van der Waals surface area (Å²) in [6.45, 7) is 5.02. The number of imide groups is 1. The highest BCUT2D eigenvalue weighted by molar-refractivity contribution is 8.18. The van der Waals surface area contributed by atoms with Gasteiger partial charge in [-0.25, -0.2) is 0 Å². The monoisotopic (exact) mass is 545 g/mol. The van der Waals surface area contributed by atoms with Crippen LogP contribution < -0.4 is 5.32 Å². The second-order valence-electron chi connectivity index (χ2n) is 9.88. The van der Waals surface area contributed by atoms with Gasteiger partial charge in [0.1, 0.15) is 6.54 Å². The molecule has 2 aromatic carbocycles. The normalized spacial score (nSPS) is 18.5. The molecule has 8 nitrogen and oxygen atoms in total. The average molecular weight is 546 g/mol. The van der Waals surface area contributed by atoms with E-state index in [4.69, 9.17) is 4.74 Å². The highest BCUT2D eigenvalue weighted by atomic mass is 32.2. The number of amides is 3. The summed E-state index contributed by atoms with van der Waals surface area (Å²) in [5.41, 5.74) is 4.22. The summed E-state index contributed by atoms with van der Waals surface area (Å²) >= 11 is 0.824. The van der Waals surface area contributed by atoms with Crippen LogP contribution in [-0.2, 0) is 27.3 Å². The third kappa shape index (κ3) is 5.84. The molecule has 5 rings (SSSR count). The quantitative estimate of drug-likeness (QED) is 0.309. The first-order valence-electron chi connectivity index (χ1n) is 13.2. The van der Waals surface area contributed by atoms with Crippen molar-refractivity contribution in [3.8, 4) is 0 Å². The molecule has 1 atom stereocenters. The summed E-state index contributed by atoms with van der Waals surface area (Å²) in [4.78, 5) is 52.7. The number of ketones is 1. The SMILES string of the molecule is CCc1cccc2c(/C=C3\SC(=O)N(CC(=O)c4ccc(C)cc4)C3=O)cn(CC(=O)NC[C@@H]3CCCO3)c12. The third-order valence-corrected chi connectivity index (χ3v) is 8.00. The summed E-state index contributed by atoms with van der Waals surface area (Å²) in [5, 5.41) is 3.39. The molecular formula is C30H31N3O5S. The van der Waals surface area contributed by atoms with Crippen LogP contribution in [0.2, 0.25) is 0 Å². The molecule has 0 saturated carbocycles. The molecule has 9 heteroatoms. The smallest absolute Gasteiger partial charge is 0.293 e. The summed E-state index contributed by atoms with van der Waals surface area (Å²) < 4.78 is 7.50. The Hall–Kier alpha value is -3.69. The van der Waals surface area contributed by atoms with E-state index in [1.54, 1.807) is 18.2 Å². The standard InChI is InChI=1S/C30H31N3O5S/c1-3-20-6-4-8-24-22(16-32(28(20)24)18-27(35)31-15-23-7-5-13-38-23)14-26-29(36)33(30(37)39-26)17-25(34)21-11-9-19(2)10-12-21/h4,6,8-12,14,16,23H,3,5,7,13,15,17-18H2,1-2H3,(H,31,35)/b26-14-/t23-/m0/s1. The van der Waals surface area contributed by atoms with Crippen molar-refractivity contribution in [2.75, 3.05) is 19.7 Å². The molecule has 2 fully saturated rings. The lowest BCUT2D eigenvalue weighted by Crippen LogP contribution is -2.34. The molecule has 202 valence electrons. The van der Waals surface area contributed by atoms with Gasteiger partial charge in [-0.05, 0) is 49.6 Å². The molecule has 2 aliphatic rings. The van der Waals surface area contributed by atoms with Crippen molar-refractivity contribution in [2.45, 2.75) is 45.8 Å². The molecule has 3 amide bonds. The second kappa shape index (κ2) is 11.6. The number of nitrogens with zero attached hydrogens (tertiary/aromatic N) is 2. The van der Waals surface area contributed by atoms with Gasteiger partial charge in [-0.3, -0.25) is 24.1 Å². The largest absolute Gasteiger partial charge is 0.376 e. The molecule has 0 aliphatic carbocycles. The molecule has 3 aromatic rings. The number of hydrogen-bond donors (Lipinski definition) is 1. The number of rotatable bonds is 9. The third-order valence-electron chi connectivity index (χ3n) is 7.09. The maximum absolute atomic E-state index is 13.2. The van der Waals surface area contributed by atoms with E-state index >= 15 is 0 Å². The minimum absolute atomic E-state index is 0.0608. The van der Waals surface area contributed by atoms with Crippen LogP contribution in [0.25, 0.3) is 17.0 Å². The fraction of sp³-hybridized carbons (Fsp3) is 0.333. The van der Waals surface area contributed by atoms with Crippen LogP contribution in [0.5, 0.6) is 0 Å². The Morgan fingerprint density at radius 3 is 2.64 bits per heavy atom. The van der Waals surface area contributed by atoms with E-state index in [9.17, 15) is 19.2 Å². The van der Waals surface area contributed by atoms with E-state index < -0.39 is 11.1 Å². The number of para-hydroxylation sites is 1. The van der Waals surface area contributed by atoms with Gasteiger partial charge >= 0.3 is 0 Å². The maximum atomic E-state index is 13.2. The van der Waals surface area contributed by atoms with Crippen LogP contribution in [-0.4, -0.2) is 58.1 Å². The van der Waals surface area contributed by atoms with Crippen LogP contribution in [0.15, 0.2) is 53.6 Å². The molecule has 2 saturated heterocycles. The zero-order valence-electron chi connectivity index (χ0n) is 22.1. The second-order valence-corrected chi connectivity index (χ2v) is 10.9. The van der Waals surface area contributed by atoms with Crippen molar-refractivity contribution in [3.05, 3.63) is 75.8 Å². The van der Waals surface area contributed by atoms with E-state index in [0.29, 0.717) is 12.1 Å². The highest BCUT2D eigenvalue weighted by Gasteiger charge is 2.36. The van der Waals surface area contributed by atoms with E-state index in [0.717, 1.165) is 70.1 Å². The first kappa shape index (κ1) is 26.9. The Bertz CT molecular complexity index is 1470. The molecule has 1 N–H and O–H groups in total. The van der Waals surface area contributed by atoms with Crippen molar-refractivity contribution in [3.63, 3.8) is 0 Å². The van der Waals surface area contributed by atoms with Crippen molar-refractivity contribution in [1.82, 2.24) is 14.8 Å². The molecule has 3 heterocycles. The van der Waals surface area contributed by atoms with Crippen LogP contribution in [0, 0.1) is 6.92 Å². The van der Waals surface area contributed by atoms with Gasteiger partial charge in [0.05, 0.1) is 23.1 Å². The van der Waals surface area contributed by atoms with Crippen LogP contribution in [0.3, 0.4) is 0 Å². The molecular weight excluding hydrogens is 514 g/mol. The Morgan fingerprint density at radius 2 is 1.92 bits per heavy atom. The average Bonchev–Trinajstić information content (AvgIpc) is 3.64. The van der Waals surface area contributed by atoms with Gasteiger partial charge in [-0.1, -0.05) is 55.0 Å². The van der Waals surface area contributed by atoms with Gasteiger partial charge in [0.25, 0.3) is 11.1 Å². The van der Waals surface area contributed by atoms with E-state index in [-0.39, 0.29) is 35.8 Å². The molecule has 0 unspecified atom stereocenters. The summed E-state index contributed by atoms with van der Waals surface area (Å²) in [5.74, 6) is -0.904. The zero-order chi connectivity index (χ0) is 27.5. The Kier molecular flexibility index (Phi) is 7.99. The highest BCUT2D eigenvalue weighted by Crippen LogP contribution is 2.35. The van der Waals surface area contributed by atoms with Gasteiger partial charge in [0, 0.05) is 35.9 Å². The summed E-state index contributed by atoms with van der Waals surface area (Å²) in [6.07, 6.45) is 6.33. The van der Waals surface area contributed by atoms with Gasteiger partial charge in [0.2, 0.25) is 5.91 Å². The number of Topliss-reactive ketones (excluding diaryl/α,β-unsaturated/α-hetero) is 1. The van der Waals surface area contributed by atoms with Gasteiger partial charge < -0.3 is 14.6 Å². The zero-order valence-corrected chi connectivity index (χ0v) is 22.9. The number of carbonyl (C=O) groups is 4. The van der Waals surface area contributed by atoms with Crippen LogP contribution in [0.1, 0.15) is 46.8 Å². The lowest BCUT2D eigenvalue weighted by molar-refractivity contribution is -0.123. The van der Waals surface area contributed by atoms with Crippen molar-refractivity contribution < 1.29 is 23.9 Å². The number of carbonyl (C=O) groups excluding carboxylic acids is 4. The molecule has 0 spiro atoms. The molecule has 2 aliphatic heterocycles. The summed E-state index contributed by atoms with van der Waals surface area (Å²) in [6, 6.07) is 13.0. The van der Waals surface area contributed by atoms with Gasteiger partial charge in [0.15, 0.2) is 5.78 Å². The van der Waals surface area contributed by atoms with Gasteiger partial charge in [-0.15, -0.1) is 0 Å². The number of benzene rings is 2. The van der Waals surface area contributed by atoms with Crippen molar-refractivity contribution >= 4 is 51.6 Å². The number of ether oxygens (including phenoxy) is 1. The van der Waals surface area contributed by atoms with E-state index in [1.807, 2.05) is 48.0 Å². The molecule has 1 aromatic heterocycles. The van der Waals surface area contributed by atoms with E-state index in [1.165, 1.54) is 0 Å². The van der Waals surface area contributed by atoms with Crippen molar-refractivity contribution in [1.29, 1.82) is 0 Å². The number of aryl methyl sites for hydroxylation is 2. The minimum atomic E-state index is -0.493. The van der Waals surface area contributed by atoms with Crippen molar-refractivity contribution in [2.24, 2.45) is 0 Å². The Balaban J connectivity index is 1.38. The number of aromatic nitrogens is 1. The lowest BCUT2D eigenvalue weighted by Gasteiger charge is -2.12. The number of thioether (sulfide) groups is 1. The summed E-state index contributed by atoms with van der Waals surface area (Å²) in [7, 11) is 0. The molecule has 0 bridgehead atoms. The topological polar surface area (TPSA) is 97.7 Å². The Labute approximate surface area is 231 Å².